The van der Waals surface area contributed by atoms with Gasteiger partial charge in [0, 0.05) is 0 Å². The van der Waals surface area contributed by atoms with Crippen LogP contribution in [-0.2, 0) is 19.2 Å². The first-order valence-corrected chi connectivity index (χ1v) is 4.54. The van der Waals surface area contributed by atoms with Gasteiger partial charge in [0.25, 0.3) is 5.91 Å². The Kier molecular flexibility index (Phi) is 2.31. The van der Waals surface area contributed by atoms with Crippen molar-refractivity contribution in [1.29, 1.82) is 0 Å². The summed E-state index contributed by atoms with van der Waals surface area (Å²) in [6, 6.07) is -0.701. The molecule has 0 aromatic rings. The average molecular weight is 214 g/mol. The van der Waals surface area contributed by atoms with Crippen LogP contribution in [0.1, 0.15) is 6.42 Å². The highest BCUT2D eigenvalue weighted by Gasteiger charge is 2.49. The van der Waals surface area contributed by atoms with E-state index in [9.17, 15) is 14.4 Å². The minimum absolute atomic E-state index is 0.0784. The fraction of sp³-hybridized carbons (Fsp3) is 0.625. The fourth-order valence-corrected chi connectivity index (χ4v) is 1.49. The van der Waals surface area contributed by atoms with Crippen LogP contribution in [0.4, 0.5) is 0 Å². The third-order valence-electron chi connectivity index (χ3n) is 2.50. The predicted molar refractivity (Wildman–Crippen MR) is 45.3 cm³/mol. The maximum atomic E-state index is 11.4. The Hall–Kier alpha value is -1.63. The van der Waals surface area contributed by atoms with Gasteiger partial charge in [-0.25, -0.2) is 5.48 Å². The maximum absolute atomic E-state index is 11.4. The molecule has 0 aromatic heterocycles. The van der Waals surface area contributed by atoms with Gasteiger partial charge in [0.1, 0.15) is 12.6 Å². The Morgan fingerprint density at radius 2 is 2.20 bits per heavy atom. The zero-order valence-electron chi connectivity index (χ0n) is 7.73. The van der Waals surface area contributed by atoms with Crippen molar-refractivity contribution < 1.29 is 24.3 Å². The van der Waals surface area contributed by atoms with Crippen molar-refractivity contribution >= 4 is 17.8 Å². The van der Waals surface area contributed by atoms with E-state index < -0.39 is 35.7 Å². The van der Waals surface area contributed by atoms with E-state index in [1.165, 1.54) is 0 Å². The van der Waals surface area contributed by atoms with E-state index in [0.717, 1.165) is 0 Å². The molecule has 1 heterocycles. The zero-order valence-corrected chi connectivity index (χ0v) is 7.73. The molecule has 2 rings (SSSR count). The summed E-state index contributed by atoms with van der Waals surface area (Å²) in [4.78, 5) is 37.5. The number of carboxylic acid groups (broad SMARTS) is 1. The van der Waals surface area contributed by atoms with Gasteiger partial charge in [-0.2, -0.15) is 0 Å². The molecule has 0 bridgehead atoms. The number of hydroxylamine groups is 1. The van der Waals surface area contributed by atoms with E-state index in [2.05, 4.69) is 15.6 Å². The molecule has 7 nitrogen and oxygen atoms in total. The molecule has 15 heavy (non-hydrogen) atoms. The highest BCUT2D eigenvalue weighted by Crippen LogP contribution is 2.38. The SMILES string of the molecule is O=C(O)[C@H]1C[C@H]1C(=O)N[C@@H]1CONC1=O. The van der Waals surface area contributed by atoms with Crippen LogP contribution >= 0.6 is 0 Å². The molecule has 0 aromatic carbocycles. The number of aliphatic carboxylic acids is 1. The lowest BCUT2D eigenvalue weighted by Gasteiger charge is -2.07. The molecular weight excluding hydrogens is 204 g/mol. The molecule has 3 N–H and O–H groups in total. The number of carbonyl (C=O) groups is 3. The Labute approximate surface area is 84.7 Å². The fourth-order valence-electron chi connectivity index (χ4n) is 1.49. The highest BCUT2D eigenvalue weighted by molar-refractivity contribution is 5.93. The van der Waals surface area contributed by atoms with E-state index in [-0.39, 0.29) is 6.61 Å². The molecule has 0 unspecified atom stereocenters. The quantitative estimate of drug-likeness (QED) is 0.517. The van der Waals surface area contributed by atoms with E-state index in [1.807, 2.05) is 0 Å². The second-order valence-electron chi connectivity index (χ2n) is 3.63. The van der Waals surface area contributed by atoms with E-state index in [4.69, 9.17) is 5.11 Å². The molecule has 3 atom stereocenters. The van der Waals surface area contributed by atoms with Gasteiger partial charge >= 0.3 is 5.97 Å². The normalized spacial score (nSPS) is 33.3. The zero-order chi connectivity index (χ0) is 11.0. The van der Waals surface area contributed by atoms with Crippen molar-refractivity contribution in [1.82, 2.24) is 10.8 Å². The molecule has 1 saturated heterocycles. The number of rotatable bonds is 3. The summed E-state index contributed by atoms with van der Waals surface area (Å²) in [5.74, 6) is -2.88. The minimum atomic E-state index is -0.970. The second kappa shape index (κ2) is 3.50. The molecular formula is C8H10N2O5. The van der Waals surface area contributed by atoms with E-state index in [0.29, 0.717) is 6.42 Å². The Morgan fingerprint density at radius 1 is 1.47 bits per heavy atom. The Morgan fingerprint density at radius 3 is 2.67 bits per heavy atom. The van der Waals surface area contributed by atoms with Crippen LogP contribution in [0.2, 0.25) is 0 Å². The van der Waals surface area contributed by atoms with Crippen molar-refractivity contribution in [3.8, 4) is 0 Å². The van der Waals surface area contributed by atoms with Gasteiger partial charge in [0.05, 0.1) is 11.8 Å². The Balaban J connectivity index is 1.83. The smallest absolute Gasteiger partial charge is 0.307 e. The van der Waals surface area contributed by atoms with Gasteiger partial charge in [-0.3, -0.25) is 19.2 Å². The van der Waals surface area contributed by atoms with Crippen LogP contribution in [0.25, 0.3) is 0 Å². The van der Waals surface area contributed by atoms with Crippen molar-refractivity contribution in [3.63, 3.8) is 0 Å². The van der Waals surface area contributed by atoms with Crippen LogP contribution in [-0.4, -0.2) is 35.5 Å². The van der Waals surface area contributed by atoms with Crippen LogP contribution in [0, 0.1) is 11.8 Å². The first-order valence-electron chi connectivity index (χ1n) is 4.54. The summed E-state index contributed by atoms with van der Waals surface area (Å²) in [6.07, 6.45) is 0.344. The van der Waals surface area contributed by atoms with Crippen molar-refractivity contribution in [3.05, 3.63) is 0 Å². The van der Waals surface area contributed by atoms with E-state index >= 15 is 0 Å². The van der Waals surface area contributed by atoms with Crippen LogP contribution in [0.15, 0.2) is 0 Å². The summed E-state index contributed by atoms with van der Waals surface area (Å²) < 4.78 is 0. The number of amides is 2. The maximum Gasteiger partial charge on any atom is 0.307 e. The number of nitrogens with one attached hydrogen (secondary N) is 2. The number of hydrogen-bond acceptors (Lipinski definition) is 4. The lowest BCUT2D eigenvalue weighted by molar-refractivity contribution is -0.140. The molecule has 2 aliphatic rings. The minimum Gasteiger partial charge on any atom is -0.481 e. The first kappa shape index (κ1) is 9.91. The van der Waals surface area contributed by atoms with Crippen molar-refractivity contribution in [2.45, 2.75) is 12.5 Å². The summed E-state index contributed by atoms with van der Waals surface area (Å²) in [7, 11) is 0. The number of carboxylic acids is 1. The molecule has 82 valence electrons. The average Bonchev–Trinajstić information content (AvgIpc) is 2.88. The van der Waals surface area contributed by atoms with Crippen molar-refractivity contribution in [2.75, 3.05) is 6.61 Å². The Bertz CT molecular complexity index is 329. The van der Waals surface area contributed by atoms with Crippen LogP contribution in [0.3, 0.4) is 0 Å². The number of hydrogen-bond donors (Lipinski definition) is 3. The monoisotopic (exact) mass is 214 g/mol. The van der Waals surface area contributed by atoms with Gasteiger partial charge in [0.15, 0.2) is 0 Å². The van der Waals surface area contributed by atoms with Crippen LogP contribution in [0.5, 0.6) is 0 Å². The largest absolute Gasteiger partial charge is 0.481 e. The van der Waals surface area contributed by atoms with Crippen LogP contribution < -0.4 is 10.8 Å². The predicted octanol–water partition coefficient (Wildman–Crippen LogP) is -1.75. The lowest BCUT2D eigenvalue weighted by atomic mass is 10.2. The standard InChI is InChI=1S/C8H10N2O5/c11-6(3-1-4(3)8(13)14)9-5-2-15-10-7(5)12/h3-5H,1-2H2,(H,9,11)(H,10,12)(H,13,14)/t3-,4+,5-/m1/s1. The first-order chi connectivity index (χ1) is 7.09. The molecule has 0 radical (unpaired) electrons. The van der Waals surface area contributed by atoms with E-state index in [1.54, 1.807) is 0 Å². The highest BCUT2D eigenvalue weighted by atomic mass is 16.7. The van der Waals surface area contributed by atoms with Gasteiger partial charge in [-0.05, 0) is 6.42 Å². The van der Waals surface area contributed by atoms with Gasteiger partial charge in [0.2, 0.25) is 5.91 Å². The molecule has 2 amide bonds. The second-order valence-corrected chi connectivity index (χ2v) is 3.63. The molecule has 7 heteroatoms. The molecule has 1 aliphatic heterocycles. The summed E-state index contributed by atoms with van der Waals surface area (Å²) >= 11 is 0. The third kappa shape index (κ3) is 1.91. The molecule has 2 fully saturated rings. The van der Waals surface area contributed by atoms with Gasteiger partial charge in [-0.1, -0.05) is 0 Å². The van der Waals surface area contributed by atoms with Crippen molar-refractivity contribution in [2.24, 2.45) is 11.8 Å². The lowest BCUT2D eigenvalue weighted by Crippen LogP contribution is -2.42. The molecule has 1 saturated carbocycles. The van der Waals surface area contributed by atoms with Gasteiger partial charge < -0.3 is 10.4 Å². The van der Waals surface area contributed by atoms with Gasteiger partial charge in [-0.15, -0.1) is 0 Å². The third-order valence-corrected chi connectivity index (χ3v) is 2.50. The molecule has 1 aliphatic carbocycles. The summed E-state index contributed by atoms with van der Waals surface area (Å²) in [6.45, 7) is 0.0784. The summed E-state index contributed by atoms with van der Waals surface area (Å²) in [5.41, 5.74) is 2.10. The molecule has 0 spiro atoms. The summed E-state index contributed by atoms with van der Waals surface area (Å²) in [5, 5.41) is 11.0. The topological polar surface area (TPSA) is 105 Å². The number of carbonyl (C=O) groups excluding carboxylic acids is 2.